The lowest BCUT2D eigenvalue weighted by Crippen LogP contribution is -2.36. The summed E-state index contributed by atoms with van der Waals surface area (Å²) in [5.74, 6) is 12.2. The Bertz CT molecular complexity index is 5910. The number of amides is 5. The van der Waals surface area contributed by atoms with Gasteiger partial charge in [-0.2, -0.15) is 4.31 Å². The van der Waals surface area contributed by atoms with Crippen LogP contribution in [-0.4, -0.2) is 279 Å². The number of halogens is 1. The molecule has 9 aromatic carbocycles. The number of hydrogen-bond acceptors (Lipinski definition) is 27. The first-order valence-electron chi connectivity index (χ1n) is 47.0. The van der Waals surface area contributed by atoms with Crippen molar-refractivity contribution in [2.24, 2.45) is 5.92 Å². The number of hydrogen-bond donors (Lipinski definition) is 3. The van der Waals surface area contributed by atoms with Crippen LogP contribution < -0.4 is 48.5 Å². The molecule has 0 aromatic heterocycles. The predicted octanol–water partition coefficient (Wildman–Crippen LogP) is 17.4. The highest BCUT2D eigenvalue weighted by Gasteiger charge is 2.30. The van der Waals surface area contributed by atoms with Crippen LogP contribution in [0.1, 0.15) is 74.1 Å². The predicted molar refractivity (Wildman–Crippen MR) is 587 cm³/mol. The number of rotatable bonds is 18. The highest BCUT2D eigenvalue weighted by Crippen LogP contribution is 2.39. The highest BCUT2D eigenvalue weighted by atomic mass is 127. The summed E-state index contributed by atoms with van der Waals surface area (Å²) in [6.07, 6.45) is 9.13. The van der Waals surface area contributed by atoms with Crippen molar-refractivity contribution in [3.05, 3.63) is 251 Å². The van der Waals surface area contributed by atoms with Gasteiger partial charge in [-0.1, -0.05) is 66.1 Å². The van der Waals surface area contributed by atoms with Crippen molar-refractivity contribution < 1.29 is 84.4 Å². The standard InChI is InChI=1S/C25H34N2OS.C13H15NO3S.C13H15NO2S.C12H14INO2S.C12H13NO4S.C11H15NO3S2.C10H11NO2S.C10H13NOS/c1-28-24-8-9-25-23(19-24)20-27(16-17-29-25)13-5-12-26-14-10-22(11-15-26)18-21-6-3-2-4-7-21;1-3-13(15)14-6-7-18(16)12-5-4-11(17-2)8-10(12)9-14;1-3-13(15)14-6-7-17-12-5-4-11(16-2)8-10(12)9-14;1-16-10-2-3-11-9(6-10)8-14(4-5-17-11)12(15)7-13;1-17-9-2-3-10-8(6-9)7-13(4-5-18-10)11(14)12(15)16;1-15-10-3-4-11-9(7-10)8-12(5-6-16-11)17(2,13)14;1-13-7-2-3-9-8(6-7)10(12)11-4-5-14-9;1-12-9-2-3-10-8(6-9)7-11-4-5-13-10/h2-4,6-9,19,22H,5,10-18,20H2,1H3;3-5,8H,1,6-7,9H2,2H3;3-5,8H,1,6-7,9H2,2H3;2-3,6H,4-5,7-8H2,1H3;2-3,6H,4-5,7H2,1H3,(H,15,16);3-4,7H,5-6,8H2,1-2H3;2-3,6H,4-5H2,1H3,(H,11,12);2-3,6,11H,4-5,7H2,1H3. The van der Waals surface area contributed by atoms with Crippen molar-refractivity contribution in [1.82, 2.24) is 44.3 Å². The normalized spacial score (nSPS) is 16.6. The van der Waals surface area contributed by atoms with Crippen molar-refractivity contribution in [1.29, 1.82) is 0 Å². The van der Waals surface area contributed by atoms with Gasteiger partial charge >= 0.3 is 11.9 Å². The molecule has 9 aromatic rings. The van der Waals surface area contributed by atoms with Crippen LogP contribution in [0.25, 0.3) is 0 Å². The molecular formula is C106H130IN9O18S9. The average Bonchev–Trinajstić information content (AvgIpc) is 1.69. The number of carbonyl (C=O) groups excluding carboxylic acids is 5. The van der Waals surface area contributed by atoms with E-state index in [1.54, 1.807) is 121 Å². The van der Waals surface area contributed by atoms with Gasteiger partial charge < -0.3 is 78.1 Å². The Labute approximate surface area is 888 Å². The zero-order chi connectivity index (χ0) is 102. The van der Waals surface area contributed by atoms with E-state index in [1.165, 1.54) is 134 Å². The fourth-order valence-corrected chi connectivity index (χ4v) is 26.0. The number of carbonyl (C=O) groups is 6. The first-order chi connectivity index (χ1) is 69.3. The Morgan fingerprint density at radius 1 is 0.441 bits per heavy atom. The van der Waals surface area contributed by atoms with Crippen molar-refractivity contribution in [3.63, 3.8) is 0 Å². The van der Waals surface area contributed by atoms with E-state index < -0.39 is 32.7 Å². The SMILES string of the molecule is C=CC(=O)N1CCS(=O)c2ccc(OC)cc2C1.C=CC(=O)N1CCSc2ccc(OC)cc2C1.COc1ccc2c(c1)C(=O)NCCS2.COc1ccc2c(c1)CN(C(=O)C(=O)O)CCS2.COc1ccc2c(c1)CN(C(=O)CI)CCS2.COc1ccc2c(c1)CN(CCCN1CCC(Cc3ccccc3)CC1)CCS2.COc1ccc2c(c1)CN(S(C)(=O)=O)CCS2.COc1ccc2c(c1)CNCCS2. The molecule has 143 heavy (non-hydrogen) atoms. The summed E-state index contributed by atoms with van der Waals surface area (Å²) in [5.41, 5.74) is 10.1. The molecule has 1 unspecified atom stereocenters. The molecule has 3 N–H and O–H groups in total. The van der Waals surface area contributed by atoms with E-state index in [2.05, 4.69) is 129 Å². The first kappa shape index (κ1) is 114. The number of likely N-dealkylation sites (tertiary alicyclic amines) is 1. The Balaban J connectivity index is 0.000000158. The second-order valence-corrected chi connectivity index (χ2v) is 46.0. The Morgan fingerprint density at radius 2 is 0.825 bits per heavy atom. The zero-order valence-corrected chi connectivity index (χ0v) is 92.1. The number of nitrogens with zero attached hydrogens (tertiary/aromatic N) is 7. The molecule has 0 bridgehead atoms. The molecule has 1 fully saturated rings. The minimum atomic E-state index is -3.13. The maximum Gasteiger partial charge on any atom is 0.394 e. The number of thioether (sulfide) groups is 7. The van der Waals surface area contributed by atoms with Crippen molar-refractivity contribution in [2.45, 2.75) is 111 Å². The smallest absolute Gasteiger partial charge is 0.394 e. The van der Waals surface area contributed by atoms with E-state index >= 15 is 0 Å². The number of methoxy groups -OCH3 is 8. The number of carboxylic acids is 1. The van der Waals surface area contributed by atoms with Crippen LogP contribution in [0.3, 0.4) is 0 Å². The van der Waals surface area contributed by atoms with E-state index in [0.717, 1.165) is 150 Å². The van der Waals surface area contributed by atoms with E-state index in [9.17, 15) is 41.4 Å². The molecule has 768 valence electrons. The second kappa shape index (κ2) is 59.6. The van der Waals surface area contributed by atoms with Gasteiger partial charge in [-0.15, -0.1) is 82.3 Å². The fourth-order valence-electron chi connectivity index (χ4n) is 16.5. The number of piperidine rings is 1. The second-order valence-electron chi connectivity index (χ2n) is 33.7. The molecular weight excluding hydrogens is 2100 g/mol. The summed E-state index contributed by atoms with van der Waals surface area (Å²) in [4.78, 5) is 90.2. The minimum absolute atomic E-state index is 0.0103. The summed E-state index contributed by atoms with van der Waals surface area (Å²) in [5, 5.41) is 15.0. The fraction of sp³-hybridized carbons (Fsp3) is 0.396. The number of carboxylic acid groups (broad SMARTS) is 1. The van der Waals surface area contributed by atoms with Crippen molar-refractivity contribution >= 4 is 161 Å². The molecule has 0 spiro atoms. The minimum Gasteiger partial charge on any atom is -0.497 e. The molecule has 37 heteroatoms. The first-order valence-corrected chi connectivity index (χ1v) is 58.6. The topological polar surface area (TPSA) is 294 Å². The number of aliphatic carboxylic acids is 1. The van der Waals surface area contributed by atoms with Gasteiger partial charge in [0.25, 0.3) is 5.91 Å². The van der Waals surface area contributed by atoms with Crippen LogP contribution in [0.15, 0.2) is 240 Å². The molecule has 1 atom stereocenters. The van der Waals surface area contributed by atoms with Crippen LogP contribution in [0.4, 0.5) is 0 Å². The molecule has 9 heterocycles. The lowest BCUT2D eigenvalue weighted by molar-refractivity contribution is -0.156. The average molecular weight is 2230 g/mol. The summed E-state index contributed by atoms with van der Waals surface area (Å²) in [7, 11) is 8.95. The van der Waals surface area contributed by atoms with Crippen LogP contribution >= 0.6 is 105 Å². The number of nitrogens with one attached hydrogen (secondary N) is 2. The van der Waals surface area contributed by atoms with Crippen molar-refractivity contribution in [3.8, 4) is 46.0 Å². The van der Waals surface area contributed by atoms with Gasteiger partial charge in [-0.25, -0.2) is 13.2 Å². The van der Waals surface area contributed by atoms with Crippen LogP contribution in [-0.2, 0) is 97.0 Å². The third kappa shape index (κ3) is 35.6. The maximum absolute atomic E-state index is 12.1. The number of sulfonamides is 1. The Kier molecular flexibility index (Phi) is 47.5. The highest BCUT2D eigenvalue weighted by molar-refractivity contribution is 14.1. The van der Waals surface area contributed by atoms with Gasteiger partial charge in [0.2, 0.25) is 27.7 Å². The molecule has 5 amide bonds. The number of ether oxygens (including phenoxy) is 8. The van der Waals surface area contributed by atoms with Crippen LogP contribution in [0.5, 0.6) is 46.0 Å². The molecule has 1 saturated heterocycles. The van der Waals surface area contributed by atoms with Gasteiger partial charge in [-0.3, -0.25) is 33.1 Å². The van der Waals surface area contributed by atoms with E-state index in [0.29, 0.717) is 85.4 Å². The lowest BCUT2D eigenvalue weighted by Gasteiger charge is -2.32. The number of alkyl halides is 1. The summed E-state index contributed by atoms with van der Waals surface area (Å²) in [6, 6.07) is 58.4. The maximum atomic E-state index is 12.1. The van der Waals surface area contributed by atoms with Gasteiger partial charge in [0.15, 0.2) is 0 Å². The molecule has 0 saturated carbocycles. The van der Waals surface area contributed by atoms with Gasteiger partial charge in [0.05, 0.1) is 83.9 Å². The number of benzene rings is 9. The lowest BCUT2D eigenvalue weighted by atomic mass is 9.90. The van der Waals surface area contributed by atoms with Crippen LogP contribution in [0, 0.1) is 5.92 Å². The largest absolute Gasteiger partial charge is 0.497 e. The molecule has 0 radical (unpaired) electrons. The molecule has 27 nitrogen and oxygen atoms in total. The van der Waals surface area contributed by atoms with Crippen molar-refractivity contribution in [2.75, 3.05) is 192 Å². The summed E-state index contributed by atoms with van der Waals surface area (Å²) < 4.78 is 78.9. The quantitative estimate of drug-likeness (QED) is 0.0311. The molecule has 9 aliphatic rings. The molecule has 9 aliphatic heterocycles. The summed E-state index contributed by atoms with van der Waals surface area (Å²) in [6.45, 7) is 22.6. The summed E-state index contributed by atoms with van der Waals surface area (Å²) >= 11 is 14.6. The van der Waals surface area contributed by atoms with Crippen LogP contribution in [0.2, 0.25) is 0 Å². The van der Waals surface area contributed by atoms with Gasteiger partial charge in [0, 0.05) is 183 Å². The van der Waals surface area contributed by atoms with E-state index in [1.807, 2.05) is 136 Å². The molecule has 0 aliphatic carbocycles. The molecule has 18 rings (SSSR count). The third-order valence-corrected chi connectivity index (χ3v) is 35.3. The van der Waals surface area contributed by atoms with Gasteiger partial charge in [-0.05, 0) is 260 Å². The Morgan fingerprint density at radius 3 is 1.31 bits per heavy atom. The van der Waals surface area contributed by atoms with E-state index in [4.69, 9.17) is 43.0 Å². The Hall–Kier alpha value is -9.20. The van der Waals surface area contributed by atoms with E-state index in [-0.39, 0.29) is 23.6 Å². The zero-order valence-electron chi connectivity index (χ0n) is 82.6. The monoisotopic (exact) mass is 2230 g/mol. The third-order valence-electron chi connectivity index (χ3n) is 24.3. The number of fused-ring (bicyclic) bond motifs is 8. The van der Waals surface area contributed by atoms with Gasteiger partial charge in [0.1, 0.15) is 46.0 Å².